The summed E-state index contributed by atoms with van der Waals surface area (Å²) in [5.41, 5.74) is 1.70. The Kier molecular flexibility index (Phi) is 5.65. The lowest BCUT2D eigenvalue weighted by Crippen LogP contribution is -2.29. The quantitative estimate of drug-likeness (QED) is 0.856. The zero-order valence-electron chi connectivity index (χ0n) is 12.1. The molecule has 2 atom stereocenters. The summed E-state index contributed by atoms with van der Waals surface area (Å²) in [6.07, 6.45) is -0.613. The predicted octanol–water partition coefficient (Wildman–Crippen LogP) is 2.73. The van der Waals surface area contributed by atoms with Crippen molar-refractivity contribution in [3.05, 3.63) is 23.8 Å². The van der Waals surface area contributed by atoms with Crippen LogP contribution < -0.4 is 9.64 Å². The van der Waals surface area contributed by atoms with Gasteiger partial charge < -0.3 is 14.7 Å². The predicted molar refractivity (Wildman–Crippen MR) is 76.3 cm³/mol. The van der Waals surface area contributed by atoms with E-state index in [2.05, 4.69) is 11.0 Å². The van der Waals surface area contributed by atoms with Crippen LogP contribution in [0, 0.1) is 17.2 Å². The summed E-state index contributed by atoms with van der Waals surface area (Å²) in [4.78, 5) is 2.10. The lowest BCUT2D eigenvalue weighted by molar-refractivity contribution is 0.194. The van der Waals surface area contributed by atoms with Gasteiger partial charge in [-0.3, -0.25) is 0 Å². The molecule has 0 saturated carbocycles. The molecular weight excluding hydrogens is 240 g/mol. The third kappa shape index (κ3) is 3.62. The molecule has 0 aliphatic rings. The molecule has 0 aliphatic heterocycles. The molecule has 19 heavy (non-hydrogen) atoms. The molecule has 0 saturated heterocycles. The molecule has 0 aliphatic carbocycles. The third-order valence-electron chi connectivity index (χ3n) is 3.12. The second-order valence-corrected chi connectivity index (χ2v) is 4.64. The number of anilines is 1. The van der Waals surface area contributed by atoms with Gasteiger partial charge in [-0.15, -0.1) is 0 Å². The Hall–Kier alpha value is -1.73. The fourth-order valence-electron chi connectivity index (χ4n) is 2.18. The minimum Gasteiger partial charge on any atom is -0.496 e. The van der Waals surface area contributed by atoms with Crippen LogP contribution in [0.2, 0.25) is 0 Å². The van der Waals surface area contributed by atoms with Gasteiger partial charge in [-0.25, -0.2) is 0 Å². The van der Waals surface area contributed by atoms with Crippen LogP contribution in [0.4, 0.5) is 5.69 Å². The van der Waals surface area contributed by atoms with Gasteiger partial charge in [-0.1, -0.05) is 6.07 Å². The average molecular weight is 262 g/mol. The van der Waals surface area contributed by atoms with E-state index in [9.17, 15) is 5.11 Å². The second-order valence-electron chi connectivity index (χ2n) is 4.64. The first-order valence-corrected chi connectivity index (χ1v) is 6.54. The Morgan fingerprint density at radius 2 is 2.11 bits per heavy atom. The molecule has 0 bridgehead atoms. The second kappa shape index (κ2) is 7.01. The topological polar surface area (TPSA) is 56.5 Å². The Labute approximate surface area is 115 Å². The van der Waals surface area contributed by atoms with E-state index < -0.39 is 6.10 Å². The van der Waals surface area contributed by atoms with Gasteiger partial charge in [0.1, 0.15) is 5.75 Å². The van der Waals surface area contributed by atoms with Crippen molar-refractivity contribution in [3.8, 4) is 11.8 Å². The van der Waals surface area contributed by atoms with E-state index in [0.717, 1.165) is 17.8 Å². The van der Waals surface area contributed by atoms with Gasteiger partial charge in [-0.2, -0.15) is 5.26 Å². The maximum absolute atomic E-state index is 9.98. The number of rotatable bonds is 6. The zero-order valence-corrected chi connectivity index (χ0v) is 12.1. The molecule has 1 N–H and O–H groups in total. The van der Waals surface area contributed by atoms with Gasteiger partial charge in [0.25, 0.3) is 0 Å². The largest absolute Gasteiger partial charge is 0.496 e. The van der Waals surface area contributed by atoms with E-state index in [1.807, 2.05) is 32.0 Å². The highest BCUT2D eigenvalue weighted by molar-refractivity contribution is 5.60. The smallest absolute Gasteiger partial charge is 0.126 e. The molecule has 104 valence electrons. The number of hydrogen-bond donors (Lipinski definition) is 1. The first-order valence-electron chi connectivity index (χ1n) is 6.54. The molecule has 1 rings (SSSR count). The van der Waals surface area contributed by atoms with Gasteiger partial charge in [0.05, 0.1) is 25.2 Å². The molecule has 0 radical (unpaired) electrons. The van der Waals surface area contributed by atoms with Crippen LogP contribution in [-0.2, 0) is 0 Å². The van der Waals surface area contributed by atoms with Crippen LogP contribution in [0.1, 0.15) is 32.4 Å². The molecule has 1 unspecified atom stereocenters. The molecule has 1 aromatic rings. The highest BCUT2D eigenvalue weighted by atomic mass is 16.5. The summed E-state index contributed by atoms with van der Waals surface area (Å²) < 4.78 is 5.32. The maximum Gasteiger partial charge on any atom is 0.126 e. The van der Waals surface area contributed by atoms with E-state index in [4.69, 9.17) is 10.00 Å². The summed E-state index contributed by atoms with van der Waals surface area (Å²) in [7, 11) is 1.60. The first kappa shape index (κ1) is 15.3. The van der Waals surface area contributed by atoms with Crippen LogP contribution in [0.15, 0.2) is 18.2 Å². The fraction of sp³-hybridized carbons (Fsp3) is 0.533. The van der Waals surface area contributed by atoms with Crippen molar-refractivity contribution in [2.45, 2.75) is 26.9 Å². The maximum atomic E-state index is 9.98. The van der Waals surface area contributed by atoms with Crippen molar-refractivity contribution in [1.29, 1.82) is 5.26 Å². The molecular formula is C15H22N2O2. The van der Waals surface area contributed by atoms with Gasteiger partial charge in [0, 0.05) is 24.3 Å². The Balaban J connectivity index is 3.20. The SMILES string of the molecule is CCN(CC(C)C#N)c1cccc(OC)c1[C@@H](C)O. The number of hydrogen-bond acceptors (Lipinski definition) is 4. The van der Waals surface area contributed by atoms with Gasteiger partial charge in [-0.05, 0) is 32.9 Å². The average Bonchev–Trinajstić information content (AvgIpc) is 2.43. The first-order chi connectivity index (χ1) is 9.04. The van der Waals surface area contributed by atoms with E-state index in [-0.39, 0.29) is 5.92 Å². The van der Waals surface area contributed by atoms with Crippen molar-refractivity contribution in [2.24, 2.45) is 5.92 Å². The number of aliphatic hydroxyl groups excluding tert-OH is 1. The highest BCUT2D eigenvalue weighted by Gasteiger charge is 2.19. The minimum absolute atomic E-state index is 0.0620. The number of aliphatic hydroxyl groups is 1. The summed E-state index contributed by atoms with van der Waals surface area (Å²) in [5.74, 6) is 0.614. The molecule has 0 aromatic heterocycles. The van der Waals surface area contributed by atoms with E-state index in [1.165, 1.54) is 0 Å². The third-order valence-corrected chi connectivity index (χ3v) is 3.12. The van der Waals surface area contributed by atoms with E-state index in [0.29, 0.717) is 12.3 Å². The molecule has 0 amide bonds. The summed E-state index contributed by atoms with van der Waals surface area (Å²) in [6, 6.07) is 7.94. The molecule has 0 fully saturated rings. The van der Waals surface area contributed by atoms with Crippen LogP contribution in [-0.4, -0.2) is 25.3 Å². The summed E-state index contributed by atoms with van der Waals surface area (Å²) in [6.45, 7) is 7.07. The van der Waals surface area contributed by atoms with Crippen LogP contribution >= 0.6 is 0 Å². The lowest BCUT2D eigenvalue weighted by atomic mass is 10.0. The number of ether oxygens (including phenoxy) is 1. The van der Waals surface area contributed by atoms with Crippen molar-refractivity contribution in [2.75, 3.05) is 25.1 Å². The fourth-order valence-corrected chi connectivity index (χ4v) is 2.18. The lowest BCUT2D eigenvalue weighted by Gasteiger charge is -2.28. The molecule has 4 nitrogen and oxygen atoms in total. The summed E-state index contributed by atoms with van der Waals surface area (Å²) in [5, 5.41) is 18.9. The molecule has 0 spiro atoms. The minimum atomic E-state index is -0.613. The van der Waals surface area contributed by atoms with Crippen molar-refractivity contribution in [3.63, 3.8) is 0 Å². The van der Waals surface area contributed by atoms with Crippen molar-refractivity contribution in [1.82, 2.24) is 0 Å². The molecule has 1 aromatic carbocycles. The number of nitrogens with zero attached hydrogens (tertiary/aromatic N) is 2. The van der Waals surface area contributed by atoms with Gasteiger partial charge >= 0.3 is 0 Å². The number of methoxy groups -OCH3 is 1. The van der Waals surface area contributed by atoms with Gasteiger partial charge in [0.15, 0.2) is 0 Å². The van der Waals surface area contributed by atoms with E-state index >= 15 is 0 Å². The Bertz CT molecular complexity index is 452. The van der Waals surface area contributed by atoms with Crippen molar-refractivity contribution < 1.29 is 9.84 Å². The van der Waals surface area contributed by atoms with Crippen LogP contribution in [0.3, 0.4) is 0 Å². The monoisotopic (exact) mass is 262 g/mol. The van der Waals surface area contributed by atoms with E-state index in [1.54, 1.807) is 14.0 Å². The molecule has 4 heteroatoms. The normalized spacial score (nSPS) is 13.5. The standard InChI is InChI=1S/C15H22N2O2/c1-5-17(10-11(2)9-16)13-7-6-8-14(19-4)15(13)12(3)18/h6-8,11-12,18H,5,10H2,1-4H3/t11?,12-/m1/s1. The zero-order chi connectivity index (χ0) is 14.4. The summed E-state index contributed by atoms with van der Waals surface area (Å²) >= 11 is 0. The Morgan fingerprint density at radius 3 is 2.58 bits per heavy atom. The van der Waals surface area contributed by atoms with Crippen molar-refractivity contribution >= 4 is 5.69 Å². The Morgan fingerprint density at radius 1 is 1.42 bits per heavy atom. The van der Waals surface area contributed by atoms with Gasteiger partial charge in [0.2, 0.25) is 0 Å². The number of benzene rings is 1. The van der Waals surface area contributed by atoms with Crippen LogP contribution in [0.25, 0.3) is 0 Å². The molecule has 0 heterocycles. The van der Waals surface area contributed by atoms with Crippen LogP contribution in [0.5, 0.6) is 5.75 Å². The highest BCUT2D eigenvalue weighted by Crippen LogP contribution is 2.34. The number of nitriles is 1.